The van der Waals surface area contributed by atoms with E-state index in [4.69, 9.17) is 4.43 Å². The summed E-state index contributed by atoms with van der Waals surface area (Å²) in [6.45, 7) is 7.88. The van der Waals surface area contributed by atoms with Gasteiger partial charge in [-0.05, 0) is 28.4 Å². The molecule has 0 spiro atoms. The maximum Gasteiger partial charge on any atom is 0.261 e. The van der Waals surface area contributed by atoms with Gasteiger partial charge in [-0.2, -0.15) is 0 Å². The highest BCUT2D eigenvalue weighted by molar-refractivity contribution is 6.99. The highest BCUT2D eigenvalue weighted by Gasteiger charge is 2.52. The molecule has 0 bridgehead atoms. The lowest BCUT2D eigenvalue weighted by Gasteiger charge is -2.46. The molecule has 1 aliphatic heterocycles. The van der Waals surface area contributed by atoms with Crippen LogP contribution in [-0.4, -0.2) is 33.7 Å². The molecule has 2 nitrogen and oxygen atoms in total. The minimum atomic E-state index is -2.65. The predicted octanol–water partition coefficient (Wildman–Crippen LogP) is 3.26. The lowest BCUT2D eigenvalue weighted by molar-refractivity contribution is 0.0651. The lowest BCUT2D eigenvalue weighted by atomic mass is 10.1. The summed E-state index contributed by atoms with van der Waals surface area (Å²) in [6.07, 6.45) is -0.603. The summed E-state index contributed by atoms with van der Waals surface area (Å²) in [7, 11) is -2.65. The highest BCUT2D eigenvalue weighted by Crippen LogP contribution is 2.38. The normalized spacial score (nSPS) is 21.9. The van der Waals surface area contributed by atoms with Gasteiger partial charge in [0.1, 0.15) is 6.17 Å². The molecule has 2 aromatic carbocycles. The Morgan fingerprint density at radius 1 is 0.960 bits per heavy atom. The Bertz CT molecular complexity index is 632. The fourth-order valence-electron chi connectivity index (χ4n) is 3.85. The van der Waals surface area contributed by atoms with Crippen molar-refractivity contribution in [3.8, 4) is 0 Å². The van der Waals surface area contributed by atoms with Gasteiger partial charge in [0.2, 0.25) is 0 Å². The monoisotopic (exact) mass is 357 g/mol. The van der Waals surface area contributed by atoms with E-state index < -0.39 is 14.5 Å². The van der Waals surface area contributed by atoms with Crippen LogP contribution < -0.4 is 15.7 Å². The fourth-order valence-corrected chi connectivity index (χ4v) is 8.58. The molecule has 1 heterocycles. The Kier molecular flexibility index (Phi) is 5.42. The molecule has 0 radical (unpaired) electrons. The van der Waals surface area contributed by atoms with Crippen molar-refractivity contribution >= 4 is 18.7 Å². The van der Waals surface area contributed by atoms with Gasteiger partial charge < -0.3 is 9.74 Å². The van der Waals surface area contributed by atoms with Gasteiger partial charge in [-0.15, -0.1) is 0 Å². The Hall–Kier alpha value is -1.49. The van der Waals surface area contributed by atoms with Crippen LogP contribution in [0.15, 0.2) is 60.7 Å². The molecule has 3 rings (SSSR count). The zero-order valence-electron chi connectivity index (χ0n) is 15.3. The van der Waals surface area contributed by atoms with Crippen molar-refractivity contribution < 1.29 is 8.82 Å². The summed E-state index contributed by atoms with van der Waals surface area (Å²) in [5, 5.41) is 5.43. The third-order valence-electron chi connectivity index (χ3n) is 5.09. The summed E-state index contributed by atoms with van der Waals surface area (Å²) in [4.78, 5) is 0. The van der Waals surface area contributed by atoms with E-state index in [0.717, 1.165) is 6.54 Å². The van der Waals surface area contributed by atoms with Crippen molar-refractivity contribution in [2.24, 2.45) is 0 Å². The van der Waals surface area contributed by atoms with Gasteiger partial charge in [0.05, 0.1) is 6.10 Å². The second-order valence-electron chi connectivity index (χ2n) is 7.83. The highest BCUT2D eigenvalue weighted by atomic mass is 28.4. The number of hydrogen-bond acceptors (Lipinski definition) is 2. The third kappa shape index (κ3) is 3.57. The molecular formula is C21H28FNOSi. The fraction of sp³-hybridized carbons (Fsp3) is 0.429. The maximum absolute atomic E-state index is 14.6. The molecule has 25 heavy (non-hydrogen) atoms. The molecule has 134 valence electrons. The first-order valence-corrected chi connectivity index (χ1v) is 11.0. The first kappa shape index (κ1) is 18.3. The summed E-state index contributed by atoms with van der Waals surface area (Å²) in [6, 6.07) is 20.9. The topological polar surface area (TPSA) is 21.3 Å². The zero-order chi connectivity index (χ0) is 17.9. The number of nitrogens with one attached hydrogen (secondary N) is 1. The number of piperidine rings is 1. The maximum atomic E-state index is 14.6. The second kappa shape index (κ2) is 7.40. The molecule has 1 saturated heterocycles. The van der Waals surface area contributed by atoms with E-state index in [1.54, 1.807) is 0 Å². The smallest absolute Gasteiger partial charge is 0.261 e. The molecule has 2 atom stereocenters. The van der Waals surface area contributed by atoms with Gasteiger partial charge in [-0.1, -0.05) is 81.4 Å². The minimum Gasteiger partial charge on any atom is -0.401 e. The third-order valence-corrected chi connectivity index (χ3v) is 10.2. The predicted molar refractivity (Wildman–Crippen MR) is 105 cm³/mol. The van der Waals surface area contributed by atoms with Gasteiger partial charge in [-0.25, -0.2) is 4.39 Å². The summed E-state index contributed by atoms with van der Waals surface area (Å²) in [5.74, 6) is 0. The number of benzene rings is 2. The minimum absolute atomic E-state index is 0.111. The van der Waals surface area contributed by atoms with Gasteiger partial charge in [-0.3, -0.25) is 0 Å². The molecule has 1 fully saturated rings. The molecular weight excluding hydrogens is 329 g/mol. The standard InChI is InChI=1S/C21H28FNOSi/c1-21(2,3)25(17-10-6-4-7-11-17,18-12-8-5-9-13-18)24-20-14-15-23-16-19(20)22/h4-13,19-20,23H,14-16H2,1-3H3/t19-,20+/m0/s1. The van der Waals surface area contributed by atoms with Crippen LogP contribution in [0, 0.1) is 0 Å². The van der Waals surface area contributed by atoms with Crippen LogP contribution in [0.5, 0.6) is 0 Å². The van der Waals surface area contributed by atoms with Crippen LogP contribution >= 0.6 is 0 Å². The first-order chi connectivity index (χ1) is 11.9. The van der Waals surface area contributed by atoms with E-state index in [1.165, 1.54) is 10.4 Å². The van der Waals surface area contributed by atoms with Crippen LogP contribution in [-0.2, 0) is 4.43 Å². The largest absolute Gasteiger partial charge is 0.401 e. The van der Waals surface area contributed by atoms with Crippen molar-refractivity contribution in [2.75, 3.05) is 13.1 Å². The van der Waals surface area contributed by atoms with E-state index >= 15 is 0 Å². The number of rotatable bonds is 4. The average Bonchev–Trinajstić information content (AvgIpc) is 2.61. The molecule has 2 aromatic rings. The average molecular weight is 358 g/mol. The summed E-state index contributed by atoms with van der Waals surface area (Å²) in [5.41, 5.74) is 0. The molecule has 1 N–H and O–H groups in total. The van der Waals surface area contributed by atoms with E-state index in [9.17, 15) is 4.39 Å². The van der Waals surface area contributed by atoms with Crippen molar-refractivity contribution in [3.63, 3.8) is 0 Å². The Morgan fingerprint density at radius 2 is 1.48 bits per heavy atom. The van der Waals surface area contributed by atoms with Crippen molar-refractivity contribution in [2.45, 2.75) is 44.5 Å². The summed E-state index contributed by atoms with van der Waals surface area (Å²) >= 11 is 0. The molecule has 1 aliphatic rings. The summed E-state index contributed by atoms with van der Waals surface area (Å²) < 4.78 is 21.5. The van der Waals surface area contributed by atoms with Gasteiger partial charge in [0.15, 0.2) is 0 Å². The van der Waals surface area contributed by atoms with Crippen molar-refractivity contribution in [3.05, 3.63) is 60.7 Å². The molecule has 0 aromatic heterocycles. The van der Waals surface area contributed by atoms with Crippen LogP contribution in [0.2, 0.25) is 5.04 Å². The van der Waals surface area contributed by atoms with Crippen LogP contribution in [0.4, 0.5) is 4.39 Å². The van der Waals surface area contributed by atoms with Gasteiger partial charge >= 0.3 is 0 Å². The number of alkyl halides is 1. The first-order valence-electron chi connectivity index (χ1n) is 9.09. The van der Waals surface area contributed by atoms with E-state index in [2.05, 4.69) is 74.6 Å². The molecule has 4 heteroatoms. The van der Waals surface area contributed by atoms with Crippen LogP contribution in [0.1, 0.15) is 27.2 Å². The Morgan fingerprint density at radius 3 is 1.92 bits per heavy atom. The van der Waals surface area contributed by atoms with Gasteiger partial charge in [0.25, 0.3) is 8.32 Å². The lowest BCUT2D eigenvalue weighted by Crippen LogP contribution is -2.69. The Balaban J connectivity index is 2.15. The van der Waals surface area contributed by atoms with Crippen LogP contribution in [0.3, 0.4) is 0 Å². The quantitative estimate of drug-likeness (QED) is 0.848. The molecule has 0 saturated carbocycles. The van der Waals surface area contributed by atoms with Crippen molar-refractivity contribution in [1.29, 1.82) is 0 Å². The zero-order valence-corrected chi connectivity index (χ0v) is 16.3. The van der Waals surface area contributed by atoms with Crippen molar-refractivity contribution in [1.82, 2.24) is 5.32 Å². The van der Waals surface area contributed by atoms with E-state index in [1.807, 2.05) is 12.1 Å². The van der Waals surface area contributed by atoms with Gasteiger partial charge in [0, 0.05) is 6.54 Å². The number of hydrogen-bond donors (Lipinski definition) is 1. The van der Waals surface area contributed by atoms with E-state index in [0.29, 0.717) is 13.0 Å². The molecule has 0 unspecified atom stereocenters. The Labute approximate surface area is 151 Å². The number of halogens is 1. The van der Waals surface area contributed by atoms with E-state index in [-0.39, 0.29) is 11.1 Å². The van der Waals surface area contributed by atoms with Crippen LogP contribution in [0.25, 0.3) is 0 Å². The molecule has 0 amide bonds. The SMILES string of the molecule is CC(C)(C)[Si](O[C@@H]1CCNC[C@@H]1F)(c1ccccc1)c1ccccc1. The second-order valence-corrected chi connectivity index (χ2v) is 12.1. The molecule has 0 aliphatic carbocycles.